The SMILES string of the molecule is CCN(CC)C(=O)c1c2n(c3ccccc13)CCC2(C)C. The predicted molar refractivity (Wildman–Crippen MR) is 86.8 cm³/mol. The van der Waals surface area contributed by atoms with Crippen molar-refractivity contribution in [3.8, 4) is 0 Å². The van der Waals surface area contributed by atoms with E-state index in [-0.39, 0.29) is 11.3 Å². The van der Waals surface area contributed by atoms with Gasteiger partial charge in [-0.25, -0.2) is 0 Å². The van der Waals surface area contributed by atoms with Gasteiger partial charge < -0.3 is 9.47 Å². The van der Waals surface area contributed by atoms with E-state index >= 15 is 0 Å². The van der Waals surface area contributed by atoms with Crippen molar-refractivity contribution < 1.29 is 4.79 Å². The molecule has 0 atom stereocenters. The Bertz CT molecular complexity index is 693. The molecule has 2 aromatic rings. The van der Waals surface area contributed by atoms with Crippen molar-refractivity contribution in [2.45, 2.75) is 46.1 Å². The number of rotatable bonds is 3. The van der Waals surface area contributed by atoms with Crippen LogP contribution in [0, 0.1) is 0 Å². The Kier molecular flexibility index (Phi) is 3.31. The number of hydrogen-bond acceptors (Lipinski definition) is 1. The number of fused-ring (bicyclic) bond motifs is 3. The molecular weight excluding hydrogens is 260 g/mol. The number of benzene rings is 1. The van der Waals surface area contributed by atoms with Crippen LogP contribution in [0.1, 0.15) is 50.2 Å². The summed E-state index contributed by atoms with van der Waals surface area (Å²) in [5.41, 5.74) is 3.42. The molecule has 0 saturated carbocycles. The van der Waals surface area contributed by atoms with Crippen LogP contribution in [0.4, 0.5) is 0 Å². The zero-order valence-corrected chi connectivity index (χ0v) is 13.4. The van der Waals surface area contributed by atoms with E-state index in [0.29, 0.717) is 0 Å². The Hall–Kier alpha value is -1.77. The van der Waals surface area contributed by atoms with Crippen LogP contribution >= 0.6 is 0 Å². The highest BCUT2D eigenvalue weighted by Crippen LogP contribution is 2.42. The summed E-state index contributed by atoms with van der Waals surface area (Å²) in [4.78, 5) is 15.0. The molecule has 0 radical (unpaired) electrons. The summed E-state index contributed by atoms with van der Waals surface area (Å²) < 4.78 is 2.35. The van der Waals surface area contributed by atoms with E-state index < -0.39 is 0 Å². The molecule has 0 spiro atoms. The summed E-state index contributed by atoms with van der Waals surface area (Å²) in [5.74, 6) is 0.180. The number of carbonyl (C=O) groups is 1. The number of nitrogens with zero attached hydrogens (tertiary/aromatic N) is 2. The van der Waals surface area contributed by atoms with Crippen molar-refractivity contribution in [2.24, 2.45) is 0 Å². The van der Waals surface area contributed by atoms with E-state index in [2.05, 4.69) is 36.6 Å². The average Bonchev–Trinajstić information content (AvgIpc) is 2.96. The van der Waals surface area contributed by atoms with E-state index in [1.807, 2.05) is 24.8 Å². The molecule has 0 N–H and O–H groups in total. The number of para-hydroxylation sites is 1. The van der Waals surface area contributed by atoms with Crippen LogP contribution in [-0.2, 0) is 12.0 Å². The lowest BCUT2D eigenvalue weighted by molar-refractivity contribution is 0.0772. The molecule has 3 nitrogen and oxygen atoms in total. The number of carbonyl (C=O) groups excluding carboxylic acids is 1. The monoisotopic (exact) mass is 284 g/mol. The van der Waals surface area contributed by atoms with Gasteiger partial charge in [0.1, 0.15) is 0 Å². The maximum absolute atomic E-state index is 13.0. The van der Waals surface area contributed by atoms with Gasteiger partial charge in [0.15, 0.2) is 0 Å². The minimum absolute atomic E-state index is 0.0666. The number of aryl methyl sites for hydroxylation is 1. The van der Waals surface area contributed by atoms with Gasteiger partial charge in [-0.2, -0.15) is 0 Å². The maximum atomic E-state index is 13.0. The Labute approximate surface area is 126 Å². The molecule has 2 heterocycles. The molecule has 1 amide bonds. The highest BCUT2D eigenvalue weighted by molar-refractivity contribution is 6.09. The van der Waals surface area contributed by atoms with Gasteiger partial charge >= 0.3 is 0 Å². The Morgan fingerprint density at radius 1 is 1.24 bits per heavy atom. The second-order valence-electron chi connectivity index (χ2n) is 6.50. The zero-order chi connectivity index (χ0) is 15.2. The molecule has 0 unspecified atom stereocenters. The smallest absolute Gasteiger partial charge is 0.256 e. The van der Waals surface area contributed by atoms with Crippen molar-refractivity contribution in [1.82, 2.24) is 9.47 Å². The van der Waals surface area contributed by atoms with Crippen molar-refractivity contribution >= 4 is 16.8 Å². The van der Waals surface area contributed by atoms with Gasteiger partial charge in [-0.3, -0.25) is 4.79 Å². The van der Waals surface area contributed by atoms with Crippen molar-refractivity contribution in [2.75, 3.05) is 13.1 Å². The molecule has 0 aliphatic carbocycles. The fourth-order valence-electron chi connectivity index (χ4n) is 3.63. The molecule has 3 heteroatoms. The minimum atomic E-state index is 0.0666. The minimum Gasteiger partial charge on any atom is -0.343 e. The van der Waals surface area contributed by atoms with E-state index in [9.17, 15) is 4.79 Å². The summed E-state index contributed by atoms with van der Waals surface area (Å²) in [6.45, 7) is 11.1. The number of amides is 1. The first-order valence-corrected chi connectivity index (χ1v) is 7.92. The third-order valence-corrected chi connectivity index (χ3v) is 4.84. The molecule has 112 valence electrons. The predicted octanol–water partition coefficient (Wildman–Crippen LogP) is 3.80. The first kappa shape index (κ1) is 14.2. The molecule has 1 aliphatic rings. The molecule has 21 heavy (non-hydrogen) atoms. The van der Waals surface area contributed by atoms with Gasteiger partial charge in [0.05, 0.1) is 5.56 Å². The van der Waals surface area contributed by atoms with E-state index in [1.54, 1.807) is 0 Å². The van der Waals surface area contributed by atoms with Gasteiger partial charge in [0.25, 0.3) is 5.91 Å². The maximum Gasteiger partial charge on any atom is 0.256 e. The molecule has 0 fully saturated rings. The van der Waals surface area contributed by atoms with Crippen LogP contribution in [-0.4, -0.2) is 28.5 Å². The summed E-state index contributed by atoms with van der Waals surface area (Å²) in [6, 6.07) is 8.32. The average molecular weight is 284 g/mol. The topological polar surface area (TPSA) is 25.2 Å². The van der Waals surface area contributed by atoms with Crippen molar-refractivity contribution in [1.29, 1.82) is 0 Å². The largest absolute Gasteiger partial charge is 0.343 e. The van der Waals surface area contributed by atoms with Crippen LogP contribution < -0.4 is 0 Å². The summed E-state index contributed by atoms with van der Waals surface area (Å²) in [7, 11) is 0. The Balaban J connectivity index is 2.29. The third-order valence-electron chi connectivity index (χ3n) is 4.84. The van der Waals surface area contributed by atoms with Gasteiger partial charge in [0, 0.05) is 41.6 Å². The highest BCUT2D eigenvalue weighted by atomic mass is 16.2. The Morgan fingerprint density at radius 2 is 1.90 bits per heavy atom. The van der Waals surface area contributed by atoms with E-state index in [0.717, 1.165) is 37.0 Å². The highest BCUT2D eigenvalue weighted by Gasteiger charge is 2.38. The van der Waals surface area contributed by atoms with Gasteiger partial charge in [-0.05, 0) is 26.3 Å². The van der Waals surface area contributed by atoms with Crippen LogP contribution in [0.5, 0.6) is 0 Å². The fourth-order valence-corrected chi connectivity index (χ4v) is 3.63. The second-order valence-corrected chi connectivity index (χ2v) is 6.50. The normalized spacial score (nSPS) is 16.2. The third kappa shape index (κ3) is 1.98. The van der Waals surface area contributed by atoms with Crippen LogP contribution in [0.15, 0.2) is 24.3 Å². The quantitative estimate of drug-likeness (QED) is 0.841. The first-order chi connectivity index (χ1) is 10.0. The molecule has 1 aliphatic heterocycles. The molecule has 1 aromatic heterocycles. The van der Waals surface area contributed by atoms with Crippen molar-refractivity contribution in [3.63, 3.8) is 0 Å². The first-order valence-electron chi connectivity index (χ1n) is 7.92. The second kappa shape index (κ2) is 4.90. The summed E-state index contributed by atoms with van der Waals surface area (Å²) >= 11 is 0. The lowest BCUT2D eigenvalue weighted by Gasteiger charge is -2.23. The zero-order valence-electron chi connectivity index (χ0n) is 13.4. The lowest BCUT2D eigenvalue weighted by Crippen LogP contribution is -2.32. The summed E-state index contributed by atoms with van der Waals surface area (Å²) in [6.07, 6.45) is 1.10. The molecular formula is C18H24N2O. The number of hydrogen-bond donors (Lipinski definition) is 0. The Morgan fingerprint density at radius 3 is 2.57 bits per heavy atom. The fraction of sp³-hybridized carbons (Fsp3) is 0.500. The van der Waals surface area contributed by atoms with Gasteiger partial charge in [0.2, 0.25) is 0 Å². The van der Waals surface area contributed by atoms with Crippen molar-refractivity contribution in [3.05, 3.63) is 35.5 Å². The molecule has 1 aromatic carbocycles. The van der Waals surface area contributed by atoms with Crippen LogP contribution in [0.2, 0.25) is 0 Å². The standard InChI is InChI=1S/C18H24N2O/c1-5-19(6-2)17(21)15-13-9-7-8-10-14(13)20-12-11-18(3,4)16(15)20/h7-10H,5-6,11-12H2,1-4H3. The summed E-state index contributed by atoms with van der Waals surface area (Å²) in [5, 5.41) is 1.11. The van der Waals surface area contributed by atoms with Gasteiger partial charge in [-0.1, -0.05) is 32.0 Å². The van der Waals surface area contributed by atoms with Crippen LogP contribution in [0.3, 0.4) is 0 Å². The van der Waals surface area contributed by atoms with E-state index in [1.165, 1.54) is 11.2 Å². The van der Waals surface area contributed by atoms with Gasteiger partial charge in [-0.15, -0.1) is 0 Å². The molecule has 0 saturated heterocycles. The number of aromatic nitrogens is 1. The molecule has 3 rings (SSSR count). The lowest BCUT2D eigenvalue weighted by atomic mass is 9.85. The van der Waals surface area contributed by atoms with E-state index in [4.69, 9.17) is 0 Å². The molecule has 0 bridgehead atoms. The van der Waals surface area contributed by atoms with Crippen LogP contribution in [0.25, 0.3) is 10.9 Å².